The van der Waals surface area contributed by atoms with E-state index in [1.165, 1.54) is 103 Å². The monoisotopic (exact) mass is 718 g/mol. The number of esters is 2. The van der Waals surface area contributed by atoms with Gasteiger partial charge in [-0.2, -0.15) is 0 Å². The molecule has 2 unspecified atom stereocenters. The summed E-state index contributed by atoms with van der Waals surface area (Å²) in [6, 6.07) is 0. The van der Waals surface area contributed by atoms with Gasteiger partial charge < -0.3 is 19.7 Å². The summed E-state index contributed by atoms with van der Waals surface area (Å²) < 4.78 is 33.1. The minimum Gasteiger partial charge on any atom is -0.462 e. The van der Waals surface area contributed by atoms with Gasteiger partial charge in [0.05, 0.1) is 13.2 Å². The summed E-state index contributed by atoms with van der Waals surface area (Å²) in [5.41, 5.74) is 0. The lowest BCUT2D eigenvalue weighted by Gasteiger charge is -2.20. The third-order valence-electron chi connectivity index (χ3n) is 8.64. The van der Waals surface area contributed by atoms with E-state index in [1.807, 2.05) is 0 Å². The molecule has 0 aliphatic heterocycles. The van der Waals surface area contributed by atoms with Crippen LogP contribution in [0, 0.1) is 0 Å². The van der Waals surface area contributed by atoms with Gasteiger partial charge in [-0.05, 0) is 45.6 Å². The molecule has 0 aliphatic carbocycles. The fourth-order valence-electron chi connectivity index (χ4n) is 5.55. The fraction of sp³-hybridized carbons (Fsp3) is 0.897. The zero-order chi connectivity index (χ0) is 36.1. The van der Waals surface area contributed by atoms with Gasteiger partial charge in [-0.15, -0.1) is 0 Å². The number of likely N-dealkylation sites (N-methyl/N-ethyl adjacent to an activating group) is 1. The number of rotatable bonds is 38. The normalized spacial score (nSPS) is 13.5. The molecule has 0 rings (SSSR count). The van der Waals surface area contributed by atoms with E-state index in [4.69, 9.17) is 18.5 Å². The van der Waals surface area contributed by atoms with Gasteiger partial charge in [0.2, 0.25) is 0 Å². The van der Waals surface area contributed by atoms with Crippen molar-refractivity contribution in [1.29, 1.82) is 0 Å². The van der Waals surface area contributed by atoms with Crippen molar-refractivity contribution in [2.75, 3.05) is 33.4 Å². The summed E-state index contributed by atoms with van der Waals surface area (Å²) in [4.78, 5) is 34.9. The van der Waals surface area contributed by atoms with Crippen molar-refractivity contribution in [2.45, 2.75) is 193 Å². The van der Waals surface area contributed by atoms with Crippen LogP contribution >= 0.6 is 7.82 Å². The first-order valence-corrected chi connectivity index (χ1v) is 21.6. The molecule has 49 heavy (non-hydrogen) atoms. The largest absolute Gasteiger partial charge is 0.472 e. The van der Waals surface area contributed by atoms with Crippen LogP contribution in [0.25, 0.3) is 0 Å². The topological polar surface area (TPSA) is 120 Å². The van der Waals surface area contributed by atoms with Crippen LogP contribution in [0.3, 0.4) is 0 Å². The number of hydrogen-bond donors (Lipinski definition) is 2. The van der Waals surface area contributed by atoms with Crippen molar-refractivity contribution in [1.82, 2.24) is 5.32 Å². The zero-order valence-electron chi connectivity index (χ0n) is 31.9. The predicted octanol–water partition coefficient (Wildman–Crippen LogP) is 10.9. The second-order valence-corrected chi connectivity index (χ2v) is 14.9. The zero-order valence-corrected chi connectivity index (χ0v) is 32.8. The molecule has 0 aliphatic rings. The van der Waals surface area contributed by atoms with Crippen molar-refractivity contribution >= 4 is 19.8 Å². The highest BCUT2D eigenvalue weighted by Crippen LogP contribution is 2.43. The van der Waals surface area contributed by atoms with Crippen LogP contribution in [-0.2, 0) is 32.7 Å². The first-order chi connectivity index (χ1) is 23.8. The summed E-state index contributed by atoms with van der Waals surface area (Å²) >= 11 is 0. The van der Waals surface area contributed by atoms with Crippen LogP contribution in [-0.4, -0.2) is 56.3 Å². The quantitative estimate of drug-likeness (QED) is 0.0278. The first kappa shape index (κ1) is 47.8. The highest BCUT2D eigenvalue weighted by Gasteiger charge is 2.26. The van der Waals surface area contributed by atoms with E-state index >= 15 is 0 Å². The number of carbonyl (C=O) groups excluding carboxylic acids is 2. The fourth-order valence-corrected chi connectivity index (χ4v) is 6.30. The molecule has 0 amide bonds. The van der Waals surface area contributed by atoms with E-state index in [2.05, 4.69) is 31.3 Å². The highest BCUT2D eigenvalue weighted by molar-refractivity contribution is 7.47. The van der Waals surface area contributed by atoms with Gasteiger partial charge in [-0.1, -0.05) is 148 Å². The summed E-state index contributed by atoms with van der Waals surface area (Å²) in [6.45, 7) is 4.21. The lowest BCUT2D eigenvalue weighted by atomic mass is 10.0. The Morgan fingerprint density at radius 3 is 1.51 bits per heavy atom. The molecule has 0 aromatic rings. The minimum absolute atomic E-state index is 0.0152. The lowest BCUT2D eigenvalue weighted by Crippen LogP contribution is -2.29. The summed E-state index contributed by atoms with van der Waals surface area (Å²) in [5.74, 6) is -0.810. The second kappa shape index (κ2) is 36.5. The Balaban J connectivity index is 4.25. The van der Waals surface area contributed by atoms with Gasteiger partial charge in [0.15, 0.2) is 6.10 Å². The third kappa shape index (κ3) is 36.3. The average molecular weight is 718 g/mol. The average Bonchev–Trinajstić information content (AvgIpc) is 3.08. The molecule has 0 fully saturated rings. The van der Waals surface area contributed by atoms with Gasteiger partial charge in [0, 0.05) is 19.4 Å². The minimum atomic E-state index is -4.34. The van der Waals surface area contributed by atoms with Crippen LogP contribution in [0.2, 0.25) is 0 Å². The number of ether oxygens (including phenoxy) is 2. The summed E-state index contributed by atoms with van der Waals surface area (Å²) in [7, 11) is -2.64. The number of hydrogen-bond acceptors (Lipinski definition) is 8. The van der Waals surface area contributed by atoms with Crippen molar-refractivity contribution in [3.05, 3.63) is 12.2 Å². The summed E-state index contributed by atoms with van der Waals surface area (Å²) in [6.07, 6.45) is 33.9. The Bertz CT molecular complexity index is 825. The number of unbranched alkanes of at least 4 members (excludes halogenated alkanes) is 22. The van der Waals surface area contributed by atoms with E-state index < -0.39 is 26.5 Å². The SMILES string of the molecule is CCCCCCCC/C=C\CCCCCCCC(=O)OCC(COP(=O)(O)OCCNC)OC(=O)CCCCCCCCCCCCCC. The third-order valence-corrected chi connectivity index (χ3v) is 9.62. The van der Waals surface area contributed by atoms with E-state index in [0.29, 0.717) is 13.0 Å². The molecule has 0 aromatic heterocycles. The maximum absolute atomic E-state index is 12.6. The Morgan fingerprint density at radius 1 is 0.612 bits per heavy atom. The molecule has 10 heteroatoms. The Morgan fingerprint density at radius 2 is 1.04 bits per heavy atom. The van der Waals surface area contributed by atoms with Gasteiger partial charge in [0.25, 0.3) is 0 Å². The van der Waals surface area contributed by atoms with Gasteiger partial charge >= 0.3 is 19.8 Å². The highest BCUT2D eigenvalue weighted by atomic mass is 31.2. The lowest BCUT2D eigenvalue weighted by molar-refractivity contribution is -0.161. The second-order valence-electron chi connectivity index (χ2n) is 13.5. The maximum Gasteiger partial charge on any atom is 0.472 e. The molecule has 9 nitrogen and oxygen atoms in total. The van der Waals surface area contributed by atoms with Gasteiger partial charge in [-0.3, -0.25) is 18.6 Å². The molecule has 0 heterocycles. The molecule has 2 atom stereocenters. The molecular weight excluding hydrogens is 641 g/mol. The molecule has 0 bridgehead atoms. The van der Waals surface area contributed by atoms with Crippen LogP contribution in [0.1, 0.15) is 187 Å². The molecule has 0 spiro atoms. The predicted molar refractivity (Wildman–Crippen MR) is 202 cm³/mol. The number of nitrogens with one attached hydrogen (secondary N) is 1. The molecule has 2 N–H and O–H groups in total. The van der Waals surface area contributed by atoms with E-state index in [1.54, 1.807) is 7.05 Å². The Labute approximate surface area is 301 Å². The maximum atomic E-state index is 12.6. The van der Waals surface area contributed by atoms with Crippen LogP contribution in [0.4, 0.5) is 0 Å². The molecular formula is C39H76NO8P. The number of phosphoric ester groups is 1. The van der Waals surface area contributed by atoms with Crippen molar-refractivity contribution in [3.8, 4) is 0 Å². The summed E-state index contributed by atoms with van der Waals surface area (Å²) in [5, 5.41) is 2.82. The van der Waals surface area contributed by atoms with E-state index in [0.717, 1.165) is 51.4 Å². The smallest absolute Gasteiger partial charge is 0.462 e. The Hall–Kier alpha value is -1.25. The van der Waals surface area contributed by atoms with Crippen LogP contribution < -0.4 is 5.32 Å². The molecule has 0 saturated carbocycles. The molecule has 290 valence electrons. The van der Waals surface area contributed by atoms with Crippen LogP contribution in [0.15, 0.2) is 12.2 Å². The standard InChI is InChI=1S/C39H76NO8P/c1-4-6-8-10-12-14-16-18-19-20-22-23-25-27-29-31-38(41)45-35-37(36-47-49(43,44)46-34-33-40-3)48-39(42)32-30-28-26-24-21-17-15-13-11-9-7-5-2/h18-19,37,40H,4-17,20-36H2,1-3H3,(H,43,44)/b19-18-. The molecule has 0 saturated heterocycles. The Kier molecular flexibility index (Phi) is 35.6. The van der Waals surface area contributed by atoms with Crippen molar-refractivity contribution in [3.63, 3.8) is 0 Å². The van der Waals surface area contributed by atoms with Crippen LogP contribution in [0.5, 0.6) is 0 Å². The number of carbonyl (C=O) groups is 2. The van der Waals surface area contributed by atoms with E-state index in [-0.39, 0.29) is 32.0 Å². The number of allylic oxidation sites excluding steroid dienone is 2. The van der Waals surface area contributed by atoms with Gasteiger partial charge in [-0.25, -0.2) is 4.57 Å². The number of phosphoric acid groups is 1. The van der Waals surface area contributed by atoms with Crippen molar-refractivity contribution < 1.29 is 37.6 Å². The first-order valence-electron chi connectivity index (χ1n) is 20.1. The van der Waals surface area contributed by atoms with E-state index in [9.17, 15) is 19.0 Å². The molecule has 0 radical (unpaired) electrons. The molecule has 0 aromatic carbocycles. The van der Waals surface area contributed by atoms with Crippen molar-refractivity contribution in [2.24, 2.45) is 0 Å². The van der Waals surface area contributed by atoms with Gasteiger partial charge in [0.1, 0.15) is 6.61 Å².